The van der Waals surface area contributed by atoms with Gasteiger partial charge >= 0.3 is 0 Å². The summed E-state index contributed by atoms with van der Waals surface area (Å²) in [5.41, 5.74) is -0.287. The van der Waals surface area contributed by atoms with Gasteiger partial charge in [-0.2, -0.15) is 0 Å². The highest BCUT2D eigenvalue weighted by Crippen LogP contribution is 2.42. The van der Waals surface area contributed by atoms with Crippen LogP contribution in [0, 0.1) is 5.92 Å². The summed E-state index contributed by atoms with van der Waals surface area (Å²) in [4.78, 5) is 0. The van der Waals surface area contributed by atoms with Crippen LogP contribution in [0.3, 0.4) is 0 Å². The van der Waals surface area contributed by atoms with Crippen LogP contribution in [0.25, 0.3) is 0 Å². The molecule has 12 heavy (non-hydrogen) atoms. The topological polar surface area (TPSA) is 20.2 Å². The van der Waals surface area contributed by atoms with Gasteiger partial charge in [-0.3, -0.25) is 0 Å². The lowest BCUT2D eigenvalue weighted by Gasteiger charge is -2.30. The molecule has 0 heterocycles. The summed E-state index contributed by atoms with van der Waals surface area (Å²) in [5.74, 6) is 0.564. The minimum absolute atomic E-state index is 0.287. The monoisotopic (exact) mass is 166 g/mol. The molecule has 0 spiro atoms. The third-order valence-electron chi connectivity index (χ3n) is 3.49. The van der Waals surface area contributed by atoms with Crippen LogP contribution in [0.2, 0.25) is 0 Å². The Morgan fingerprint density at radius 3 is 2.92 bits per heavy atom. The summed E-state index contributed by atoms with van der Waals surface area (Å²) in [5, 5.41) is 10.3. The molecule has 1 N–H and O–H groups in total. The Balaban J connectivity index is 2.11. The van der Waals surface area contributed by atoms with Crippen molar-refractivity contribution in [2.45, 2.75) is 50.5 Å². The lowest BCUT2D eigenvalue weighted by atomic mass is 9.82. The Kier molecular flexibility index (Phi) is 2.22. The predicted octanol–water partition coefficient (Wildman–Crippen LogP) is 2.65. The highest BCUT2D eigenvalue weighted by molar-refractivity contribution is 4.99. The zero-order valence-electron chi connectivity index (χ0n) is 7.63. The Morgan fingerprint density at radius 2 is 2.00 bits per heavy atom. The van der Waals surface area contributed by atoms with E-state index in [2.05, 4.69) is 12.2 Å². The van der Waals surface area contributed by atoms with Gasteiger partial charge in [0, 0.05) is 0 Å². The first kappa shape index (κ1) is 8.31. The van der Waals surface area contributed by atoms with Gasteiger partial charge in [0.15, 0.2) is 0 Å². The molecule has 2 atom stereocenters. The zero-order valence-corrected chi connectivity index (χ0v) is 7.63. The molecular weight excluding hydrogens is 148 g/mol. The second-order valence-corrected chi connectivity index (χ2v) is 4.29. The molecule has 2 aliphatic carbocycles. The fraction of sp³-hybridized carbons (Fsp3) is 0.818. The van der Waals surface area contributed by atoms with Gasteiger partial charge in [-0.1, -0.05) is 18.6 Å². The molecule has 2 aliphatic rings. The Labute approximate surface area is 74.5 Å². The van der Waals surface area contributed by atoms with E-state index in [1.807, 2.05) is 0 Å². The molecule has 1 saturated carbocycles. The van der Waals surface area contributed by atoms with Gasteiger partial charge in [-0.15, -0.1) is 0 Å². The van der Waals surface area contributed by atoms with Crippen LogP contribution < -0.4 is 0 Å². The number of aliphatic hydroxyl groups is 1. The van der Waals surface area contributed by atoms with Crippen molar-refractivity contribution in [2.75, 3.05) is 0 Å². The van der Waals surface area contributed by atoms with Gasteiger partial charge in [-0.05, 0) is 44.4 Å². The van der Waals surface area contributed by atoms with E-state index in [1.54, 1.807) is 0 Å². The van der Waals surface area contributed by atoms with E-state index < -0.39 is 0 Å². The molecule has 2 rings (SSSR count). The van der Waals surface area contributed by atoms with Crippen LogP contribution in [0.4, 0.5) is 0 Å². The molecule has 0 radical (unpaired) electrons. The van der Waals surface area contributed by atoms with Crippen LogP contribution in [0.15, 0.2) is 12.2 Å². The van der Waals surface area contributed by atoms with Crippen molar-refractivity contribution < 1.29 is 5.11 Å². The lowest BCUT2D eigenvalue weighted by molar-refractivity contribution is -0.00704. The molecule has 0 aliphatic heterocycles. The van der Waals surface area contributed by atoms with Gasteiger partial charge in [0.05, 0.1) is 5.60 Å². The number of allylic oxidation sites excluding steroid dienone is 2. The SMILES string of the molecule is O[C@]12CCC/C=C\C[C@H]1CCC2. The molecule has 0 aromatic carbocycles. The minimum atomic E-state index is -0.287. The minimum Gasteiger partial charge on any atom is -0.390 e. The van der Waals surface area contributed by atoms with Crippen molar-refractivity contribution in [3.63, 3.8) is 0 Å². The molecule has 0 aromatic heterocycles. The summed E-state index contributed by atoms with van der Waals surface area (Å²) < 4.78 is 0. The average Bonchev–Trinajstić information content (AvgIpc) is 2.34. The van der Waals surface area contributed by atoms with Crippen molar-refractivity contribution in [3.05, 3.63) is 12.2 Å². The highest BCUT2D eigenvalue weighted by Gasteiger charge is 2.39. The van der Waals surface area contributed by atoms with E-state index in [-0.39, 0.29) is 5.60 Å². The molecule has 1 fully saturated rings. The third-order valence-corrected chi connectivity index (χ3v) is 3.49. The first-order chi connectivity index (χ1) is 5.81. The highest BCUT2D eigenvalue weighted by atomic mass is 16.3. The van der Waals surface area contributed by atoms with Crippen LogP contribution in [-0.2, 0) is 0 Å². The smallest absolute Gasteiger partial charge is 0.0678 e. The average molecular weight is 166 g/mol. The van der Waals surface area contributed by atoms with Gasteiger partial charge in [0.1, 0.15) is 0 Å². The summed E-state index contributed by atoms with van der Waals surface area (Å²) in [7, 11) is 0. The van der Waals surface area contributed by atoms with E-state index in [1.165, 1.54) is 19.3 Å². The molecule has 1 nitrogen and oxygen atoms in total. The normalized spacial score (nSPS) is 44.6. The van der Waals surface area contributed by atoms with Crippen molar-refractivity contribution in [1.82, 2.24) is 0 Å². The number of fused-ring (bicyclic) bond motifs is 1. The molecule has 1 heteroatoms. The molecular formula is C11H18O. The summed E-state index contributed by atoms with van der Waals surface area (Å²) in [6, 6.07) is 0. The molecule has 0 unspecified atom stereocenters. The molecule has 68 valence electrons. The quantitative estimate of drug-likeness (QED) is 0.548. The van der Waals surface area contributed by atoms with Crippen molar-refractivity contribution >= 4 is 0 Å². The number of hydrogen-bond donors (Lipinski definition) is 1. The zero-order chi connectivity index (χ0) is 8.44. The van der Waals surface area contributed by atoms with Crippen LogP contribution in [-0.4, -0.2) is 10.7 Å². The van der Waals surface area contributed by atoms with Gasteiger partial charge < -0.3 is 5.11 Å². The van der Waals surface area contributed by atoms with Crippen molar-refractivity contribution in [2.24, 2.45) is 5.92 Å². The maximum Gasteiger partial charge on any atom is 0.0678 e. The Morgan fingerprint density at radius 1 is 1.17 bits per heavy atom. The Hall–Kier alpha value is -0.300. The third kappa shape index (κ3) is 1.42. The molecule has 0 aromatic rings. The molecule has 0 bridgehead atoms. The van der Waals surface area contributed by atoms with Gasteiger partial charge in [-0.25, -0.2) is 0 Å². The first-order valence-corrected chi connectivity index (χ1v) is 5.19. The number of hydrogen-bond acceptors (Lipinski definition) is 1. The summed E-state index contributed by atoms with van der Waals surface area (Å²) in [6.45, 7) is 0. The lowest BCUT2D eigenvalue weighted by Crippen LogP contribution is -2.33. The van der Waals surface area contributed by atoms with Gasteiger partial charge in [0.25, 0.3) is 0 Å². The number of rotatable bonds is 0. The van der Waals surface area contributed by atoms with E-state index in [0.29, 0.717) is 5.92 Å². The predicted molar refractivity (Wildman–Crippen MR) is 49.9 cm³/mol. The molecule has 0 saturated heterocycles. The van der Waals surface area contributed by atoms with Crippen LogP contribution >= 0.6 is 0 Å². The van der Waals surface area contributed by atoms with Gasteiger partial charge in [0.2, 0.25) is 0 Å². The fourth-order valence-electron chi connectivity index (χ4n) is 2.70. The fourth-order valence-corrected chi connectivity index (χ4v) is 2.70. The Bertz CT molecular complexity index is 185. The van der Waals surface area contributed by atoms with E-state index in [9.17, 15) is 5.11 Å². The standard InChI is InChI=1S/C11H18O/c12-11-8-4-2-1-3-6-10(11)7-5-9-11/h1,3,10,12H,2,4-9H2/b3-1-/t10-,11-/m0/s1. The second kappa shape index (κ2) is 3.21. The van der Waals surface area contributed by atoms with Crippen LogP contribution in [0.1, 0.15) is 44.9 Å². The summed E-state index contributed by atoms with van der Waals surface area (Å²) >= 11 is 0. The maximum atomic E-state index is 10.3. The molecule has 0 amide bonds. The van der Waals surface area contributed by atoms with Crippen molar-refractivity contribution in [1.29, 1.82) is 0 Å². The second-order valence-electron chi connectivity index (χ2n) is 4.29. The summed E-state index contributed by atoms with van der Waals surface area (Å²) in [6.07, 6.45) is 12.5. The first-order valence-electron chi connectivity index (χ1n) is 5.19. The van der Waals surface area contributed by atoms with E-state index in [0.717, 1.165) is 25.7 Å². The largest absolute Gasteiger partial charge is 0.390 e. The van der Waals surface area contributed by atoms with Crippen molar-refractivity contribution in [3.8, 4) is 0 Å². The van der Waals surface area contributed by atoms with Crippen LogP contribution in [0.5, 0.6) is 0 Å². The van der Waals surface area contributed by atoms with E-state index in [4.69, 9.17) is 0 Å². The maximum absolute atomic E-state index is 10.3. The van der Waals surface area contributed by atoms with E-state index >= 15 is 0 Å².